The van der Waals surface area contributed by atoms with E-state index in [4.69, 9.17) is 0 Å². The van der Waals surface area contributed by atoms with Gasteiger partial charge in [0.1, 0.15) is 0 Å². The summed E-state index contributed by atoms with van der Waals surface area (Å²) in [4.78, 5) is 46.1. The fourth-order valence-corrected chi connectivity index (χ4v) is 8.08. The molecule has 3 heterocycles. The normalized spacial score (nSPS) is 32.6. The van der Waals surface area contributed by atoms with Crippen LogP contribution < -0.4 is 4.90 Å². The van der Waals surface area contributed by atoms with Gasteiger partial charge >= 0.3 is 0 Å². The predicted octanol–water partition coefficient (Wildman–Crippen LogP) is 4.11. The Kier molecular flexibility index (Phi) is 4.91. The Morgan fingerprint density at radius 3 is 2.57 bits per heavy atom. The number of benzene rings is 1. The highest BCUT2D eigenvalue weighted by Gasteiger charge is 2.63. The molecule has 3 aliphatic heterocycles. The zero-order valence-corrected chi connectivity index (χ0v) is 20.5. The van der Waals surface area contributed by atoms with Gasteiger partial charge < -0.3 is 9.80 Å². The van der Waals surface area contributed by atoms with Gasteiger partial charge in [0.25, 0.3) is 11.8 Å². The number of rotatable bonds is 4. The van der Waals surface area contributed by atoms with E-state index in [0.29, 0.717) is 47.4 Å². The van der Waals surface area contributed by atoms with Gasteiger partial charge in [-0.25, -0.2) is 0 Å². The van der Waals surface area contributed by atoms with Gasteiger partial charge in [0.05, 0.1) is 22.7 Å². The summed E-state index contributed by atoms with van der Waals surface area (Å²) in [6.45, 7) is 3.73. The topological polar surface area (TPSA) is 60.9 Å². The lowest BCUT2D eigenvalue weighted by Gasteiger charge is -2.37. The second-order valence-electron chi connectivity index (χ2n) is 11.8. The second kappa shape index (κ2) is 7.94. The van der Waals surface area contributed by atoms with Crippen LogP contribution in [0.1, 0.15) is 72.1 Å². The van der Waals surface area contributed by atoms with Crippen LogP contribution in [0.4, 0.5) is 5.69 Å². The standard InChI is InChI=1S/C29H35N3O3/c33-26(30-13-2-1-3-14-30)19-6-5-15-31(17-19)24-8-4-7-22-25(24)28(35)32(27(22)34)18-20-16-21-9-10-23(20)29(21)11-12-29/h4,7-10,19-21,23H,1-3,5-6,11-18H2/t19-,20+,21-,23-/m1/s1. The van der Waals surface area contributed by atoms with Gasteiger partial charge in [0.15, 0.2) is 0 Å². The molecule has 2 saturated heterocycles. The number of likely N-dealkylation sites (tertiary alicyclic amines) is 1. The third-order valence-electron chi connectivity index (χ3n) is 10.0. The van der Waals surface area contributed by atoms with Gasteiger partial charge in [-0.05, 0) is 86.7 Å². The highest BCUT2D eigenvalue weighted by molar-refractivity contribution is 6.23. The van der Waals surface area contributed by atoms with E-state index in [1.165, 1.54) is 24.2 Å². The number of allylic oxidation sites excluding steroid dienone is 2. The first-order chi connectivity index (χ1) is 17.1. The van der Waals surface area contributed by atoms with Crippen LogP contribution in [0.15, 0.2) is 30.4 Å². The van der Waals surface area contributed by atoms with Crippen molar-refractivity contribution in [3.05, 3.63) is 41.5 Å². The van der Waals surface area contributed by atoms with Crippen molar-refractivity contribution in [1.82, 2.24) is 9.80 Å². The molecular weight excluding hydrogens is 438 g/mol. The second-order valence-corrected chi connectivity index (χ2v) is 11.8. The Bertz CT molecular complexity index is 1120. The van der Waals surface area contributed by atoms with E-state index in [0.717, 1.165) is 57.4 Å². The number of imide groups is 1. The lowest BCUT2D eigenvalue weighted by molar-refractivity contribution is -0.136. The summed E-state index contributed by atoms with van der Waals surface area (Å²) in [7, 11) is 0. The number of anilines is 1. The first-order valence-corrected chi connectivity index (χ1v) is 13.8. The number of hydrogen-bond donors (Lipinski definition) is 0. The van der Waals surface area contributed by atoms with E-state index in [2.05, 4.69) is 17.1 Å². The number of piperidine rings is 2. The summed E-state index contributed by atoms with van der Waals surface area (Å²) in [5.41, 5.74) is 2.39. The fourth-order valence-electron chi connectivity index (χ4n) is 8.08. The highest BCUT2D eigenvalue weighted by Crippen LogP contribution is 2.70. The maximum absolute atomic E-state index is 13.7. The van der Waals surface area contributed by atoms with Crippen molar-refractivity contribution in [3.8, 4) is 0 Å². The molecule has 6 nitrogen and oxygen atoms in total. The summed E-state index contributed by atoms with van der Waals surface area (Å²) in [5.74, 6) is 1.52. The lowest BCUT2D eigenvalue weighted by atomic mass is 9.88. The zero-order chi connectivity index (χ0) is 23.7. The number of carbonyl (C=O) groups excluding carboxylic acids is 3. The minimum atomic E-state index is -0.138. The SMILES string of the molecule is O=C([C@@H]1CCCN(c2cccc3c2C(=O)N(C[C@@H]2C[C@H]4C=C[C@H]2C42CC2)C3=O)C1)N1CCCCC1. The first kappa shape index (κ1) is 21.6. The van der Waals surface area contributed by atoms with Crippen LogP contribution in [0.2, 0.25) is 0 Å². The van der Waals surface area contributed by atoms with E-state index >= 15 is 0 Å². The van der Waals surface area contributed by atoms with Crippen molar-refractivity contribution in [2.24, 2.45) is 29.1 Å². The van der Waals surface area contributed by atoms with Crippen LogP contribution >= 0.6 is 0 Å². The quantitative estimate of drug-likeness (QED) is 0.488. The van der Waals surface area contributed by atoms with Gasteiger partial charge in [-0.2, -0.15) is 0 Å². The molecule has 3 aliphatic carbocycles. The summed E-state index contributed by atoms with van der Waals surface area (Å²) in [5, 5.41) is 0. The summed E-state index contributed by atoms with van der Waals surface area (Å²) in [6.07, 6.45) is 13.7. The average molecular weight is 474 g/mol. The molecule has 1 spiro atoms. The Labute approximate surface area is 207 Å². The van der Waals surface area contributed by atoms with Gasteiger partial charge in [0.2, 0.25) is 5.91 Å². The van der Waals surface area contributed by atoms with E-state index in [1.807, 2.05) is 23.1 Å². The summed E-state index contributed by atoms with van der Waals surface area (Å²) >= 11 is 0. The molecule has 0 aromatic heterocycles. The molecule has 1 aromatic rings. The number of amides is 3. The van der Waals surface area contributed by atoms with Crippen LogP contribution in [0.5, 0.6) is 0 Å². The molecular formula is C29H35N3O3. The molecule has 6 heteroatoms. The number of nitrogens with zero attached hydrogens (tertiary/aromatic N) is 3. The van der Waals surface area contributed by atoms with Crippen molar-refractivity contribution in [3.63, 3.8) is 0 Å². The molecule has 2 bridgehead atoms. The van der Waals surface area contributed by atoms with E-state index < -0.39 is 0 Å². The molecule has 35 heavy (non-hydrogen) atoms. The molecule has 0 radical (unpaired) electrons. The van der Waals surface area contributed by atoms with Gasteiger partial charge in [-0.15, -0.1) is 0 Å². The Morgan fingerprint density at radius 1 is 0.971 bits per heavy atom. The zero-order valence-electron chi connectivity index (χ0n) is 20.5. The van der Waals surface area contributed by atoms with Crippen LogP contribution in [-0.4, -0.2) is 60.2 Å². The van der Waals surface area contributed by atoms with Gasteiger partial charge in [-0.1, -0.05) is 18.2 Å². The molecule has 2 saturated carbocycles. The maximum atomic E-state index is 13.7. The minimum Gasteiger partial charge on any atom is -0.370 e. The monoisotopic (exact) mass is 473 g/mol. The molecule has 0 unspecified atom stereocenters. The van der Waals surface area contributed by atoms with Crippen LogP contribution in [0, 0.1) is 29.1 Å². The third kappa shape index (κ3) is 3.24. The number of fused-ring (bicyclic) bond motifs is 1. The smallest absolute Gasteiger partial charge is 0.263 e. The molecule has 4 fully saturated rings. The third-order valence-corrected chi connectivity index (χ3v) is 10.0. The van der Waals surface area contributed by atoms with Crippen molar-refractivity contribution < 1.29 is 14.4 Å². The van der Waals surface area contributed by atoms with E-state index in [9.17, 15) is 14.4 Å². The van der Waals surface area contributed by atoms with Crippen LogP contribution in [0.3, 0.4) is 0 Å². The minimum absolute atomic E-state index is 0.0310. The molecule has 0 N–H and O–H groups in total. The number of carbonyl (C=O) groups is 3. The van der Waals surface area contributed by atoms with E-state index in [1.54, 1.807) is 0 Å². The van der Waals surface area contributed by atoms with Crippen molar-refractivity contribution >= 4 is 23.4 Å². The first-order valence-electron chi connectivity index (χ1n) is 13.8. The molecule has 3 amide bonds. The Morgan fingerprint density at radius 2 is 1.80 bits per heavy atom. The van der Waals surface area contributed by atoms with Crippen molar-refractivity contribution in [2.75, 3.05) is 37.6 Å². The van der Waals surface area contributed by atoms with Crippen LogP contribution in [-0.2, 0) is 4.79 Å². The van der Waals surface area contributed by atoms with Gasteiger partial charge in [0, 0.05) is 32.7 Å². The average Bonchev–Trinajstić information content (AvgIpc) is 3.51. The Hall–Kier alpha value is -2.63. The van der Waals surface area contributed by atoms with Crippen molar-refractivity contribution in [2.45, 2.75) is 51.4 Å². The molecule has 4 atom stereocenters. The molecule has 184 valence electrons. The molecule has 6 aliphatic rings. The Balaban J connectivity index is 1.11. The largest absolute Gasteiger partial charge is 0.370 e. The lowest BCUT2D eigenvalue weighted by Crippen LogP contribution is -2.46. The van der Waals surface area contributed by atoms with Crippen molar-refractivity contribution in [1.29, 1.82) is 0 Å². The highest BCUT2D eigenvalue weighted by atomic mass is 16.2. The summed E-state index contributed by atoms with van der Waals surface area (Å²) in [6, 6.07) is 5.68. The summed E-state index contributed by atoms with van der Waals surface area (Å²) < 4.78 is 0. The predicted molar refractivity (Wildman–Crippen MR) is 133 cm³/mol. The van der Waals surface area contributed by atoms with Gasteiger partial charge in [-0.3, -0.25) is 19.3 Å². The van der Waals surface area contributed by atoms with E-state index in [-0.39, 0.29) is 23.6 Å². The molecule has 7 rings (SSSR count). The number of hydrogen-bond acceptors (Lipinski definition) is 4. The fraction of sp³-hybridized carbons (Fsp3) is 0.621. The maximum Gasteiger partial charge on any atom is 0.263 e. The van der Waals surface area contributed by atoms with Crippen LogP contribution in [0.25, 0.3) is 0 Å². The molecule has 1 aromatic carbocycles.